The third-order valence-corrected chi connectivity index (χ3v) is 7.25. The van der Waals surface area contributed by atoms with E-state index in [0.717, 1.165) is 67.5 Å². The number of likely N-dealkylation sites (tertiary alicyclic amines) is 1. The number of aliphatic hydroxyl groups is 1. The Balaban J connectivity index is 1.35. The number of carboxylic acids is 1. The lowest BCUT2D eigenvalue weighted by Crippen LogP contribution is -2.42. The van der Waals surface area contributed by atoms with Crippen LogP contribution in [0.25, 0.3) is 10.9 Å². The largest absolute Gasteiger partial charge is 0.497 e. The van der Waals surface area contributed by atoms with Gasteiger partial charge in [-0.1, -0.05) is 0 Å². The Morgan fingerprint density at radius 3 is 2.77 bits per heavy atom. The second-order valence-electron chi connectivity index (χ2n) is 9.54. The molecule has 3 aromatic rings. The minimum atomic E-state index is -0.744. The summed E-state index contributed by atoms with van der Waals surface area (Å²) in [7, 11) is 1.63. The van der Waals surface area contributed by atoms with Crippen LogP contribution in [0.1, 0.15) is 49.3 Å². The van der Waals surface area contributed by atoms with Crippen molar-refractivity contribution in [3.63, 3.8) is 0 Å². The SMILES string of the molecule is COc1ccc2nccc([C@H](O)CC[C@@H]3CCN(CCCc4ccncc4)C[C@@H]3CC(=O)O)c2c1. The number of aliphatic carboxylic acids is 1. The van der Waals surface area contributed by atoms with Crippen molar-refractivity contribution < 1.29 is 19.7 Å². The number of aryl methyl sites for hydroxylation is 1. The van der Waals surface area contributed by atoms with E-state index in [1.54, 1.807) is 13.3 Å². The number of benzene rings is 1. The molecule has 3 atom stereocenters. The van der Waals surface area contributed by atoms with E-state index in [0.29, 0.717) is 12.3 Å². The molecular weight excluding hydrogens is 442 g/mol. The standard InChI is InChI=1S/C28H35N3O4/c1-35-23-5-6-26-25(18-23)24(10-14-30-26)27(32)7-4-21-11-16-31(19-22(21)17-28(33)34)15-2-3-20-8-12-29-13-9-20/h5-6,8-10,12-14,18,21-22,27,32H,2-4,7,11,15-17,19H2,1H3,(H,33,34)/t21-,22+,27-/m1/s1. The zero-order valence-corrected chi connectivity index (χ0v) is 20.3. The van der Waals surface area contributed by atoms with Gasteiger partial charge in [0.1, 0.15) is 5.75 Å². The minimum absolute atomic E-state index is 0.101. The van der Waals surface area contributed by atoms with Crippen LogP contribution in [0, 0.1) is 11.8 Å². The summed E-state index contributed by atoms with van der Waals surface area (Å²) in [6.45, 7) is 2.75. The van der Waals surface area contributed by atoms with Gasteiger partial charge in [-0.15, -0.1) is 0 Å². The van der Waals surface area contributed by atoms with Crippen molar-refractivity contribution in [2.45, 2.75) is 44.6 Å². The van der Waals surface area contributed by atoms with Gasteiger partial charge >= 0.3 is 5.97 Å². The molecule has 1 aliphatic rings. The van der Waals surface area contributed by atoms with Crippen molar-refractivity contribution >= 4 is 16.9 Å². The highest BCUT2D eigenvalue weighted by Crippen LogP contribution is 2.34. The van der Waals surface area contributed by atoms with E-state index in [2.05, 4.69) is 14.9 Å². The fraction of sp³-hybridized carbons (Fsp3) is 0.464. The molecule has 186 valence electrons. The first-order valence-corrected chi connectivity index (χ1v) is 12.5. The molecule has 0 bridgehead atoms. The fourth-order valence-electron chi connectivity index (χ4n) is 5.34. The first kappa shape index (κ1) is 25.1. The van der Waals surface area contributed by atoms with Crippen LogP contribution >= 0.6 is 0 Å². The number of nitrogens with zero attached hydrogens (tertiary/aromatic N) is 3. The topological polar surface area (TPSA) is 95.8 Å². The minimum Gasteiger partial charge on any atom is -0.497 e. The number of aromatic nitrogens is 2. The molecule has 2 N–H and O–H groups in total. The molecule has 2 aromatic heterocycles. The second-order valence-corrected chi connectivity index (χ2v) is 9.54. The molecule has 0 amide bonds. The molecule has 0 aliphatic carbocycles. The molecule has 0 radical (unpaired) electrons. The van der Waals surface area contributed by atoms with E-state index in [-0.39, 0.29) is 12.3 Å². The molecule has 1 aromatic carbocycles. The van der Waals surface area contributed by atoms with E-state index in [9.17, 15) is 15.0 Å². The van der Waals surface area contributed by atoms with Crippen LogP contribution in [-0.2, 0) is 11.2 Å². The Bertz CT molecular complexity index is 1110. The molecule has 35 heavy (non-hydrogen) atoms. The maximum atomic E-state index is 11.6. The summed E-state index contributed by atoms with van der Waals surface area (Å²) >= 11 is 0. The number of carbonyl (C=O) groups is 1. The highest BCUT2D eigenvalue weighted by atomic mass is 16.5. The van der Waals surface area contributed by atoms with E-state index in [1.807, 2.05) is 48.8 Å². The number of hydrogen-bond donors (Lipinski definition) is 2. The maximum absolute atomic E-state index is 11.6. The molecule has 1 aliphatic heterocycles. The quantitative estimate of drug-likeness (QED) is 0.420. The normalized spacial score (nSPS) is 19.5. The number of piperidine rings is 1. The van der Waals surface area contributed by atoms with Gasteiger partial charge in [0.15, 0.2) is 0 Å². The van der Waals surface area contributed by atoms with Gasteiger partial charge in [-0.05, 0) is 105 Å². The van der Waals surface area contributed by atoms with Crippen molar-refractivity contribution in [3.8, 4) is 5.75 Å². The van der Waals surface area contributed by atoms with E-state index < -0.39 is 12.1 Å². The van der Waals surface area contributed by atoms with Crippen molar-refractivity contribution in [1.29, 1.82) is 0 Å². The first-order valence-electron chi connectivity index (χ1n) is 12.5. The molecule has 1 saturated heterocycles. The molecular formula is C28H35N3O4. The highest BCUT2D eigenvalue weighted by molar-refractivity contribution is 5.83. The number of methoxy groups -OCH3 is 1. The molecule has 0 saturated carbocycles. The lowest BCUT2D eigenvalue weighted by atomic mass is 9.79. The number of fused-ring (bicyclic) bond motifs is 1. The van der Waals surface area contributed by atoms with Crippen LogP contribution < -0.4 is 4.74 Å². The van der Waals surface area contributed by atoms with Crippen molar-refractivity contribution in [2.75, 3.05) is 26.7 Å². The summed E-state index contributed by atoms with van der Waals surface area (Å²) in [6, 6.07) is 11.6. The van der Waals surface area contributed by atoms with Gasteiger partial charge in [-0.25, -0.2) is 0 Å². The maximum Gasteiger partial charge on any atom is 0.303 e. The van der Waals surface area contributed by atoms with Crippen LogP contribution in [0.2, 0.25) is 0 Å². The summed E-state index contributed by atoms with van der Waals surface area (Å²) in [5.41, 5.74) is 2.95. The van der Waals surface area contributed by atoms with E-state index in [1.165, 1.54) is 5.56 Å². The summed E-state index contributed by atoms with van der Waals surface area (Å²) in [5.74, 6) is 0.381. The van der Waals surface area contributed by atoms with Crippen LogP contribution in [0.15, 0.2) is 55.0 Å². The lowest BCUT2D eigenvalue weighted by Gasteiger charge is -2.38. The smallest absolute Gasteiger partial charge is 0.303 e. The second kappa shape index (κ2) is 12.1. The molecule has 0 unspecified atom stereocenters. The Morgan fingerprint density at radius 2 is 2.00 bits per heavy atom. The predicted molar refractivity (Wildman–Crippen MR) is 135 cm³/mol. The van der Waals surface area contributed by atoms with Crippen LogP contribution in [0.3, 0.4) is 0 Å². The zero-order valence-electron chi connectivity index (χ0n) is 20.3. The Morgan fingerprint density at radius 1 is 1.17 bits per heavy atom. The lowest BCUT2D eigenvalue weighted by molar-refractivity contribution is -0.139. The average Bonchev–Trinajstić information content (AvgIpc) is 2.87. The van der Waals surface area contributed by atoms with Gasteiger partial charge < -0.3 is 19.8 Å². The summed E-state index contributed by atoms with van der Waals surface area (Å²) in [6.07, 6.45) is 9.34. The van der Waals surface area contributed by atoms with Crippen molar-refractivity contribution in [1.82, 2.24) is 14.9 Å². The van der Waals surface area contributed by atoms with Crippen LogP contribution in [0.5, 0.6) is 5.75 Å². The average molecular weight is 478 g/mol. The predicted octanol–water partition coefficient (Wildman–Crippen LogP) is 4.50. The summed E-state index contributed by atoms with van der Waals surface area (Å²) in [5, 5.41) is 21.5. The molecule has 7 nitrogen and oxygen atoms in total. The van der Waals surface area contributed by atoms with Crippen LogP contribution in [-0.4, -0.2) is 57.8 Å². The summed E-state index contributed by atoms with van der Waals surface area (Å²) < 4.78 is 5.35. The third kappa shape index (κ3) is 6.77. The fourth-order valence-corrected chi connectivity index (χ4v) is 5.34. The summed E-state index contributed by atoms with van der Waals surface area (Å²) in [4.78, 5) is 22.5. The van der Waals surface area contributed by atoms with Gasteiger partial charge in [-0.2, -0.15) is 0 Å². The number of aliphatic hydroxyl groups excluding tert-OH is 1. The Hall–Kier alpha value is -3.03. The number of ether oxygens (including phenoxy) is 1. The van der Waals surface area contributed by atoms with E-state index in [4.69, 9.17) is 4.74 Å². The number of hydrogen-bond acceptors (Lipinski definition) is 6. The Labute approximate surface area is 206 Å². The monoisotopic (exact) mass is 477 g/mol. The molecule has 4 rings (SSSR count). The molecule has 3 heterocycles. The Kier molecular flexibility index (Phi) is 8.66. The van der Waals surface area contributed by atoms with Gasteiger partial charge in [0.25, 0.3) is 0 Å². The van der Waals surface area contributed by atoms with Crippen LogP contribution in [0.4, 0.5) is 0 Å². The first-order chi connectivity index (χ1) is 17.0. The van der Waals surface area contributed by atoms with Gasteiger partial charge in [0, 0.05) is 36.9 Å². The van der Waals surface area contributed by atoms with Gasteiger partial charge in [-0.3, -0.25) is 14.8 Å². The van der Waals surface area contributed by atoms with E-state index >= 15 is 0 Å². The third-order valence-electron chi connectivity index (χ3n) is 7.25. The highest BCUT2D eigenvalue weighted by Gasteiger charge is 2.31. The van der Waals surface area contributed by atoms with Gasteiger partial charge in [0.05, 0.1) is 18.7 Å². The van der Waals surface area contributed by atoms with Gasteiger partial charge in [0.2, 0.25) is 0 Å². The van der Waals surface area contributed by atoms with Crippen molar-refractivity contribution in [2.24, 2.45) is 11.8 Å². The molecule has 1 fully saturated rings. The number of carboxylic acid groups (broad SMARTS) is 1. The van der Waals surface area contributed by atoms with Crippen molar-refractivity contribution in [3.05, 3.63) is 66.1 Å². The molecule has 7 heteroatoms. The molecule has 0 spiro atoms. The number of rotatable bonds is 11. The number of pyridine rings is 2. The zero-order chi connectivity index (χ0) is 24.6.